The second-order valence-electron chi connectivity index (χ2n) is 5.82. The number of carbonyl (C=O) groups is 1. The number of rotatable bonds is 6. The number of hydrogen-bond donors (Lipinski definition) is 1. The third-order valence-electron chi connectivity index (χ3n) is 4.17. The van der Waals surface area contributed by atoms with Crippen molar-refractivity contribution in [2.24, 2.45) is 0 Å². The minimum atomic E-state index is -0.208. The van der Waals surface area contributed by atoms with Crippen LogP contribution in [0.25, 0.3) is 0 Å². The lowest BCUT2D eigenvalue weighted by Gasteiger charge is -2.20. The van der Waals surface area contributed by atoms with E-state index in [-0.39, 0.29) is 5.91 Å². The Kier molecular flexibility index (Phi) is 5.59. The molecule has 2 aromatic carbocycles. The number of anilines is 3. The van der Waals surface area contributed by atoms with Crippen molar-refractivity contribution in [1.29, 1.82) is 0 Å². The molecule has 5 nitrogen and oxygen atoms in total. The SMILES string of the molecule is CCc1ccccc1NC(=O)c1cnc(N(CC)c2ccccc2)nc1. The lowest BCUT2D eigenvalue weighted by molar-refractivity contribution is 0.102. The zero-order chi connectivity index (χ0) is 18.4. The number of carbonyl (C=O) groups excluding carboxylic acids is 1. The largest absolute Gasteiger partial charge is 0.322 e. The molecule has 0 aliphatic rings. The van der Waals surface area contributed by atoms with E-state index in [0.29, 0.717) is 11.5 Å². The molecule has 0 bridgehead atoms. The van der Waals surface area contributed by atoms with Crippen molar-refractivity contribution in [2.45, 2.75) is 20.3 Å². The molecule has 26 heavy (non-hydrogen) atoms. The van der Waals surface area contributed by atoms with Crippen molar-refractivity contribution in [1.82, 2.24) is 9.97 Å². The van der Waals surface area contributed by atoms with E-state index in [9.17, 15) is 4.79 Å². The van der Waals surface area contributed by atoms with Gasteiger partial charge in [-0.2, -0.15) is 0 Å². The number of nitrogens with zero attached hydrogens (tertiary/aromatic N) is 3. The number of amides is 1. The molecule has 0 radical (unpaired) electrons. The third kappa shape index (κ3) is 3.88. The van der Waals surface area contributed by atoms with Crippen LogP contribution in [-0.2, 0) is 6.42 Å². The molecule has 0 saturated heterocycles. The van der Waals surface area contributed by atoms with E-state index < -0.39 is 0 Å². The van der Waals surface area contributed by atoms with Gasteiger partial charge in [0.25, 0.3) is 5.91 Å². The minimum Gasteiger partial charge on any atom is -0.322 e. The van der Waals surface area contributed by atoms with Crippen molar-refractivity contribution < 1.29 is 4.79 Å². The van der Waals surface area contributed by atoms with Crippen LogP contribution < -0.4 is 10.2 Å². The quantitative estimate of drug-likeness (QED) is 0.716. The molecule has 1 heterocycles. The van der Waals surface area contributed by atoms with Gasteiger partial charge in [0.1, 0.15) is 0 Å². The van der Waals surface area contributed by atoms with Crippen LogP contribution >= 0.6 is 0 Å². The molecule has 1 amide bonds. The maximum absolute atomic E-state index is 12.5. The molecule has 0 fully saturated rings. The van der Waals surface area contributed by atoms with Crippen molar-refractivity contribution >= 4 is 23.2 Å². The van der Waals surface area contributed by atoms with Crippen molar-refractivity contribution in [3.05, 3.63) is 78.1 Å². The second kappa shape index (κ2) is 8.25. The maximum atomic E-state index is 12.5. The molecule has 1 N–H and O–H groups in total. The van der Waals surface area contributed by atoms with Crippen LogP contribution in [0, 0.1) is 0 Å². The number of aromatic nitrogens is 2. The summed E-state index contributed by atoms with van der Waals surface area (Å²) < 4.78 is 0. The highest BCUT2D eigenvalue weighted by molar-refractivity contribution is 6.04. The summed E-state index contributed by atoms with van der Waals surface area (Å²) in [7, 11) is 0. The summed E-state index contributed by atoms with van der Waals surface area (Å²) in [6.07, 6.45) is 3.99. The van der Waals surface area contributed by atoms with Crippen LogP contribution in [0.4, 0.5) is 17.3 Å². The molecule has 0 spiro atoms. The van der Waals surface area contributed by atoms with Gasteiger partial charge < -0.3 is 10.2 Å². The average Bonchev–Trinajstić information content (AvgIpc) is 2.70. The third-order valence-corrected chi connectivity index (χ3v) is 4.17. The molecule has 0 unspecified atom stereocenters. The topological polar surface area (TPSA) is 58.1 Å². The summed E-state index contributed by atoms with van der Waals surface area (Å²) in [5.41, 5.74) is 3.37. The van der Waals surface area contributed by atoms with Crippen LogP contribution in [0.1, 0.15) is 29.8 Å². The first-order valence-electron chi connectivity index (χ1n) is 8.76. The average molecular weight is 346 g/mol. The molecule has 0 aliphatic heterocycles. The Hall–Kier alpha value is -3.21. The number of benzene rings is 2. The van der Waals surface area contributed by atoms with E-state index in [1.54, 1.807) is 12.4 Å². The first-order chi connectivity index (χ1) is 12.7. The molecule has 0 aliphatic carbocycles. The van der Waals surface area contributed by atoms with Crippen molar-refractivity contribution in [3.8, 4) is 0 Å². The molecule has 3 aromatic rings. The van der Waals surface area contributed by atoms with E-state index in [4.69, 9.17) is 0 Å². The van der Waals surface area contributed by atoms with Crippen LogP contribution in [0.2, 0.25) is 0 Å². The predicted octanol–water partition coefficient (Wildman–Crippen LogP) is 4.45. The number of para-hydroxylation sites is 2. The number of hydrogen-bond acceptors (Lipinski definition) is 4. The lowest BCUT2D eigenvalue weighted by atomic mass is 10.1. The van der Waals surface area contributed by atoms with Gasteiger partial charge in [-0.3, -0.25) is 4.79 Å². The van der Waals surface area contributed by atoms with Gasteiger partial charge in [-0.15, -0.1) is 0 Å². The normalized spacial score (nSPS) is 10.4. The summed E-state index contributed by atoms with van der Waals surface area (Å²) >= 11 is 0. The van der Waals surface area contributed by atoms with Gasteiger partial charge >= 0.3 is 0 Å². The highest BCUT2D eigenvalue weighted by atomic mass is 16.1. The van der Waals surface area contributed by atoms with E-state index in [1.165, 1.54) is 0 Å². The lowest BCUT2D eigenvalue weighted by Crippen LogP contribution is -2.20. The Labute approximate surface area is 153 Å². The Morgan fingerprint density at radius 1 is 0.962 bits per heavy atom. The summed E-state index contributed by atoms with van der Waals surface area (Å²) in [5, 5.41) is 2.94. The summed E-state index contributed by atoms with van der Waals surface area (Å²) in [6.45, 7) is 4.84. The van der Waals surface area contributed by atoms with Gasteiger partial charge in [-0.1, -0.05) is 43.3 Å². The Morgan fingerprint density at radius 3 is 2.27 bits per heavy atom. The molecule has 1 aromatic heterocycles. The standard InChI is InChI=1S/C21H22N4O/c1-3-16-10-8-9-13-19(16)24-20(26)17-14-22-21(23-15-17)25(4-2)18-11-6-5-7-12-18/h5-15H,3-4H2,1-2H3,(H,24,26). The fourth-order valence-corrected chi connectivity index (χ4v) is 2.77. The maximum Gasteiger partial charge on any atom is 0.258 e. The monoisotopic (exact) mass is 346 g/mol. The fraction of sp³-hybridized carbons (Fsp3) is 0.190. The van der Waals surface area contributed by atoms with Gasteiger partial charge in [0.05, 0.1) is 5.56 Å². The van der Waals surface area contributed by atoms with Crippen molar-refractivity contribution in [2.75, 3.05) is 16.8 Å². The smallest absolute Gasteiger partial charge is 0.258 e. The molecular weight excluding hydrogens is 324 g/mol. The Morgan fingerprint density at radius 2 is 1.62 bits per heavy atom. The van der Waals surface area contributed by atoms with E-state index in [2.05, 4.69) is 22.2 Å². The van der Waals surface area contributed by atoms with Crippen LogP contribution in [-0.4, -0.2) is 22.4 Å². The molecule has 0 saturated carbocycles. The first kappa shape index (κ1) is 17.6. The molecular formula is C21H22N4O. The highest BCUT2D eigenvalue weighted by Gasteiger charge is 2.13. The predicted molar refractivity (Wildman–Crippen MR) is 105 cm³/mol. The van der Waals surface area contributed by atoms with Gasteiger partial charge in [0, 0.05) is 30.3 Å². The van der Waals surface area contributed by atoms with Gasteiger partial charge in [0.15, 0.2) is 0 Å². The Bertz CT molecular complexity index is 863. The fourth-order valence-electron chi connectivity index (χ4n) is 2.77. The van der Waals surface area contributed by atoms with Gasteiger partial charge in [0.2, 0.25) is 5.95 Å². The van der Waals surface area contributed by atoms with Crippen LogP contribution in [0.5, 0.6) is 0 Å². The second-order valence-corrected chi connectivity index (χ2v) is 5.82. The molecule has 3 rings (SSSR count). The zero-order valence-electron chi connectivity index (χ0n) is 15.0. The molecule has 132 valence electrons. The molecule has 0 atom stereocenters. The van der Waals surface area contributed by atoms with Crippen LogP contribution in [0.3, 0.4) is 0 Å². The van der Waals surface area contributed by atoms with E-state index >= 15 is 0 Å². The van der Waals surface area contributed by atoms with Gasteiger partial charge in [-0.25, -0.2) is 9.97 Å². The summed E-state index contributed by atoms with van der Waals surface area (Å²) in [6, 6.07) is 17.7. The van der Waals surface area contributed by atoms with Crippen molar-refractivity contribution in [3.63, 3.8) is 0 Å². The Balaban J connectivity index is 1.77. The van der Waals surface area contributed by atoms with E-state index in [0.717, 1.165) is 29.9 Å². The van der Waals surface area contributed by atoms with Crippen LogP contribution in [0.15, 0.2) is 67.0 Å². The summed E-state index contributed by atoms with van der Waals surface area (Å²) in [5.74, 6) is 0.365. The zero-order valence-corrected chi connectivity index (χ0v) is 15.0. The first-order valence-corrected chi connectivity index (χ1v) is 8.76. The van der Waals surface area contributed by atoms with Gasteiger partial charge in [-0.05, 0) is 37.1 Å². The van der Waals surface area contributed by atoms with E-state index in [1.807, 2.05) is 66.4 Å². The minimum absolute atomic E-state index is 0.208. The number of aryl methyl sites for hydroxylation is 1. The molecule has 5 heteroatoms. The number of nitrogens with one attached hydrogen (secondary N) is 1. The highest BCUT2D eigenvalue weighted by Crippen LogP contribution is 2.21. The summed E-state index contributed by atoms with van der Waals surface area (Å²) in [4.78, 5) is 23.3.